The van der Waals surface area contributed by atoms with Crippen LogP contribution in [0, 0.1) is 5.82 Å². The van der Waals surface area contributed by atoms with E-state index in [0.29, 0.717) is 30.4 Å². The van der Waals surface area contributed by atoms with Gasteiger partial charge in [-0.3, -0.25) is 4.79 Å². The SMILES string of the molecule is CCc1nc2ccccc2n1CC(=O)N1CCCC(c2nc(-c3cccc(F)c3)no2)C1. The number of aryl methyl sites for hydroxylation is 1. The van der Waals surface area contributed by atoms with E-state index in [9.17, 15) is 9.18 Å². The number of carbonyl (C=O) groups is 1. The summed E-state index contributed by atoms with van der Waals surface area (Å²) < 4.78 is 21.0. The monoisotopic (exact) mass is 433 g/mol. The number of likely N-dealkylation sites (tertiary alicyclic amines) is 1. The standard InChI is InChI=1S/C24H24FN5O2/c1-2-21-26-19-10-3-4-11-20(19)30(21)15-22(31)29-12-6-8-17(14-29)24-27-23(28-32-24)16-7-5-9-18(25)13-16/h3-5,7,9-11,13,17H,2,6,8,12,14-15H2,1H3. The fourth-order valence-corrected chi connectivity index (χ4v) is 4.36. The topological polar surface area (TPSA) is 77.1 Å². The molecule has 1 unspecified atom stereocenters. The van der Waals surface area contributed by atoms with Crippen molar-refractivity contribution in [2.45, 2.75) is 38.6 Å². The van der Waals surface area contributed by atoms with Crippen molar-refractivity contribution in [3.8, 4) is 11.4 Å². The number of benzene rings is 2. The number of hydrogen-bond donors (Lipinski definition) is 0. The molecule has 0 bridgehead atoms. The lowest BCUT2D eigenvalue weighted by atomic mass is 9.98. The third-order valence-electron chi connectivity index (χ3n) is 5.99. The van der Waals surface area contributed by atoms with E-state index in [1.807, 2.05) is 40.7 Å². The molecule has 0 saturated carbocycles. The fraction of sp³-hybridized carbons (Fsp3) is 0.333. The molecule has 0 N–H and O–H groups in total. The van der Waals surface area contributed by atoms with Crippen LogP contribution in [-0.4, -0.2) is 43.6 Å². The number of para-hydroxylation sites is 2. The molecule has 1 saturated heterocycles. The van der Waals surface area contributed by atoms with Gasteiger partial charge in [0.2, 0.25) is 17.6 Å². The summed E-state index contributed by atoms with van der Waals surface area (Å²) in [5, 5.41) is 4.02. The summed E-state index contributed by atoms with van der Waals surface area (Å²) in [7, 11) is 0. The van der Waals surface area contributed by atoms with E-state index in [0.717, 1.165) is 36.1 Å². The molecule has 1 amide bonds. The molecule has 4 aromatic rings. The third-order valence-corrected chi connectivity index (χ3v) is 5.99. The Hall–Kier alpha value is -3.55. The van der Waals surface area contributed by atoms with Gasteiger partial charge in [-0.2, -0.15) is 4.98 Å². The molecular weight excluding hydrogens is 409 g/mol. The van der Waals surface area contributed by atoms with Crippen LogP contribution in [0.25, 0.3) is 22.4 Å². The maximum atomic E-state index is 13.5. The molecule has 0 radical (unpaired) electrons. The van der Waals surface area contributed by atoms with Crippen molar-refractivity contribution in [1.29, 1.82) is 0 Å². The van der Waals surface area contributed by atoms with Crippen LogP contribution in [-0.2, 0) is 17.8 Å². The number of piperidine rings is 1. The molecule has 164 valence electrons. The predicted molar refractivity (Wildman–Crippen MR) is 117 cm³/mol. The zero-order valence-electron chi connectivity index (χ0n) is 17.9. The van der Waals surface area contributed by atoms with Crippen molar-refractivity contribution in [2.24, 2.45) is 0 Å². The fourth-order valence-electron chi connectivity index (χ4n) is 4.36. The summed E-state index contributed by atoms with van der Waals surface area (Å²) in [6.07, 6.45) is 2.48. The first-order chi connectivity index (χ1) is 15.6. The number of hydrogen-bond acceptors (Lipinski definition) is 5. The molecule has 0 aliphatic carbocycles. The second-order valence-electron chi connectivity index (χ2n) is 8.10. The Morgan fingerprint density at radius 2 is 2.06 bits per heavy atom. The van der Waals surface area contributed by atoms with Gasteiger partial charge < -0.3 is 14.0 Å². The Bertz CT molecular complexity index is 1260. The Morgan fingerprint density at radius 3 is 2.91 bits per heavy atom. The first-order valence-corrected chi connectivity index (χ1v) is 10.9. The molecule has 0 spiro atoms. The van der Waals surface area contributed by atoms with E-state index in [1.54, 1.807) is 12.1 Å². The van der Waals surface area contributed by atoms with Gasteiger partial charge in [-0.1, -0.05) is 36.3 Å². The molecule has 8 heteroatoms. The van der Waals surface area contributed by atoms with Crippen LogP contribution in [0.2, 0.25) is 0 Å². The number of imidazole rings is 1. The predicted octanol–water partition coefficient (Wildman–Crippen LogP) is 4.19. The van der Waals surface area contributed by atoms with E-state index in [4.69, 9.17) is 4.52 Å². The van der Waals surface area contributed by atoms with E-state index >= 15 is 0 Å². The number of rotatable bonds is 5. The maximum absolute atomic E-state index is 13.5. The quantitative estimate of drug-likeness (QED) is 0.472. The van der Waals surface area contributed by atoms with Gasteiger partial charge in [0.05, 0.1) is 17.0 Å². The molecule has 1 aliphatic rings. The van der Waals surface area contributed by atoms with Crippen LogP contribution in [0.5, 0.6) is 0 Å². The molecule has 1 atom stereocenters. The number of aromatic nitrogens is 4. The molecule has 32 heavy (non-hydrogen) atoms. The number of carbonyl (C=O) groups excluding carboxylic acids is 1. The second-order valence-corrected chi connectivity index (χ2v) is 8.10. The number of halogens is 1. The highest BCUT2D eigenvalue weighted by atomic mass is 19.1. The molecule has 3 heterocycles. The van der Waals surface area contributed by atoms with Crippen molar-refractivity contribution in [3.05, 3.63) is 66.1 Å². The number of nitrogens with zero attached hydrogens (tertiary/aromatic N) is 5. The number of amides is 1. The van der Waals surface area contributed by atoms with E-state index in [1.165, 1.54) is 12.1 Å². The third kappa shape index (κ3) is 3.88. The van der Waals surface area contributed by atoms with Crippen molar-refractivity contribution >= 4 is 16.9 Å². The minimum absolute atomic E-state index is 0.0345. The average molecular weight is 433 g/mol. The maximum Gasteiger partial charge on any atom is 0.242 e. The largest absolute Gasteiger partial charge is 0.340 e. The first-order valence-electron chi connectivity index (χ1n) is 10.9. The van der Waals surface area contributed by atoms with Crippen LogP contribution in [0.3, 0.4) is 0 Å². The van der Waals surface area contributed by atoms with Gasteiger partial charge in [0.25, 0.3) is 0 Å². The van der Waals surface area contributed by atoms with Gasteiger partial charge in [0, 0.05) is 25.1 Å². The summed E-state index contributed by atoms with van der Waals surface area (Å²) in [6, 6.07) is 14.0. The van der Waals surface area contributed by atoms with Crippen molar-refractivity contribution in [2.75, 3.05) is 13.1 Å². The van der Waals surface area contributed by atoms with E-state index in [2.05, 4.69) is 15.1 Å². The molecule has 2 aromatic carbocycles. The minimum atomic E-state index is -0.346. The summed E-state index contributed by atoms with van der Waals surface area (Å²) in [5.41, 5.74) is 2.45. The Balaban J connectivity index is 1.32. The minimum Gasteiger partial charge on any atom is -0.340 e. The zero-order valence-corrected chi connectivity index (χ0v) is 17.9. The normalized spacial score (nSPS) is 16.6. The molecule has 2 aromatic heterocycles. The smallest absolute Gasteiger partial charge is 0.242 e. The van der Waals surface area contributed by atoms with Gasteiger partial charge >= 0.3 is 0 Å². The summed E-state index contributed by atoms with van der Waals surface area (Å²) in [5.74, 6) is 1.43. The lowest BCUT2D eigenvalue weighted by Crippen LogP contribution is -2.41. The molecular formula is C24H24FN5O2. The zero-order chi connectivity index (χ0) is 22.1. The summed E-state index contributed by atoms with van der Waals surface area (Å²) >= 11 is 0. The van der Waals surface area contributed by atoms with Crippen LogP contribution < -0.4 is 0 Å². The summed E-state index contributed by atoms with van der Waals surface area (Å²) in [4.78, 5) is 24.2. The van der Waals surface area contributed by atoms with Gasteiger partial charge in [-0.05, 0) is 37.1 Å². The van der Waals surface area contributed by atoms with Crippen LogP contribution in [0.4, 0.5) is 4.39 Å². The Morgan fingerprint density at radius 1 is 1.19 bits per heavy atom. The number of fused-ring (bicyclic) bond motifs is 1. The van der Waals surface area contributed by atoms with Crippen molar-refractivity contribution < 1.29 is 13.7 Å². The average Bonchev–Trinajstić information content (AvgIpc) is 3.45. The second kappa shape index (κ2) is 8.53. The van der Waals surface area contributed by atoms with Crippen molar-refractivity contribution in [1.82, 2.24) is 24.6 Å². The highest BCUT2D eigenvalue weighted by Crippen LogP contribution is 2.28. The van der Waals surface area contributed by atoms with Gasteiger partial charge in [0.1, 0.15) is 18.2 Å². The highest BCUT2D eigenvalue weighted by molar-refractivity contribution is 5.81. The Kier molecular flexibility index (Phi) is 5.43. The highest BCUT2D eigenvalue weighted by Gasteiger charge is 2.29. The van der Waals surface area contributed by atoms with E-state index in [-0.39, 0.29) is 24.2 Å². The molecule has 5 rings (SSSR count). The van der Waals surface area contributed by atoms with Crippen LogP contribution >= 0.6 is 0 Å². The van der Waals surface area contributed by atoms with Crippen LogP contribution in [0.1, 0.15) is 37.4 Å². The van der Waals surface area contributed by atoms with E-state index < -0.39 is 0 Å². The van der Waals surface area contributed by atoms with Gasteiger partial charge in [0.15, 0.2) is 0 Å². The Labute approximate surface area is 184 Å². The molecule has 1 fully saturated rings. The summed E-state index contributed by atoms with van der Waals surface area (Å²) in [6.45, 7) is 3.53. The lowest BCUT2D eigenvalue weighted by molar-refractivity contribution is -0.133. The van der Waals surface area contributed by atoms with Gasteiger partial charge in [-0.15, -0.1) is 0 Å². The lowest BCUT2D eigenvalue weighted by Gasteiger charge is -2.31. The van der Waals surface area contributed by atoms with Gasteiger partial charge in [-0.25, -0.2) is 9.37 Å². The van der Waals surface area contributed by atoms with Crippen molar-refractivity contribution in [3.63, 3.8) is 0 Å². The first kappa shape index (κ1) is 20.4. The molecule has 1 aliphatic heterocycles. The van der Waals surface area contributed by atoms with Crippen LogP contribution in [0.15, 0.2) is 53.1 Å². The molecule has 7 nitrogen and oxygen atoms in total.